The number of benzene rings is 1. The third-order valence-electron chi connectivity index (χ3n) is 7.37. The van der Waals surface area contributed by atoms with Crippen LogP contribution in [0.5, 0.6) is 0 Å². The minimum atomic E-state index is -3.82. The molecule has 1 aromatic carbocycles. The van der Waals surface area contributed by atoms with Crippen molar-refractivity contribution in [3.05, 3.63) is 60.0 Å². The zero-order valence-corrected chi connectivity index (χ0v) is 25.2. The summed E-state index contributed by atoms with van der Waals surface area (Å²) in [6, 6.07) is 15.6. The summed E-state index contributed by atoms with van der Waals surface area (Å²) >= 11 is 0. The van der Waals surface area contributed by atoms with Crippen molar-refractivity contribution in [1.82, 2.24) is 24.5 Å². The molecule has 5 rings (SSSR count). The number of fused-ring (bicyclic) bond motifs is 1. The molecule has 0 aliphatic carbocycles. The molecular formula is C30H34N8O3S. The Kier molecular flexibility index (Phi) is 7.88. The van der Waals surface area contributed by atoms with Crippen LogP contribution in [-0.4, -0.2) is 67.5 Å². The number of anilines is 2. The lowest BCUT2D eigenvalue weighted by atomic mass is 9.97. The van der Waals surface area contributed by atoms with E-state index in [4.69, 9.17) is 10.1 Å². The summed E-state index contributed by atoms with van der Waals surface area (Å²) in [4.78, 5) is 26.6. The maximum Gasteiger partial charge on any atom is 0.283 e. The number of hydrogen-bond acceptors (Lipinski definition) is 9. The predicted octanol–water partition coefficient (Wildman–Crippen LogP) is 4.10. The summed E-state index contributed by atoms with van der Waals surface area (Å²) in [5, 5.41) is 15.0. The average Bonchev–Trinajstić information content (AvgIpc) is 3.36. The molecule has 1 amide bonds. The summed E-state index contributed by atoms with van der Waals surface area (Å²) in [6.45, 7) is 5.61. The normalized spacial score (nSPS) is 14.3. The number of hydrogen-bond donors (Lipinski definition) is 1. The van der Waals surface area contributed by atoms with E-state index in [1.54, 1.807) is 16.9 Å². The summed E-state index contributed by atoms with van der Waals surface area (Å²) in [7, 11) is 0.0839. The topological polar surface area (TPSA) is 137 Å². The van der Waals surface area contributed by atoms with Gasteiger partial charge in [-0.2, -0.15) is 10.4 Å². The number of piperidine rings is 1. The first-order chi connectivity index (χ1) is 19.9. The van der Waals surface area contributed by atoms with Crippen molar-refractivity contribution in [2.24, 2.45) is 5.92 Å². The van der Waals surface area contributed by atoms with Crippen LogP contribution in [0.25, 0.3) is 27.8 Å². The lowest BCUT2D eigenvalue weighted by Gasteiger charge is -2.30. The number of nitrogens with zero attached hydrogens (tertiary/aromatic N) is 7. The van der Waals surface area contributed by atoms with Crippen LogP contribution in [0.15, 0.2) is 48.7 Å². The first-order valence-electron chi connectivity index (χ1n) is 13.8. The Morgan fingerprint density at radius 2 is 1.88 bits per heavy atom. The van der Waals surface area contributed by atoms with Crippen LogP contribution in [0.3, 0.4) is 0 Å². The molecule has 12 heteroatoms. The molecule has 0 spiro atoms. The third-order valence-corrected chi connectivity index (χ3v) is 7.93. The second-order valence-electron chi connectivity index (χ2n) is 11.1. The minimum absolute atomic E-state index is 0.0238. The van der Waals surface area contributed by atoms with E-state index in [1.165, 1.54) is 0 Å². The van der Waals surface area contributed by atoms with Gasteiger partial charge in [0.1, 0.15) is 11.5 Å². The van der Waals surface area contributed by atoms with Crippen LogP contribution >= 0.6 is 0 Å². The average molecular weight is 587 g/mol. The second kappa shape index (κ2) is 11.4. The number of pyridine rings is 2. The summed E-state index contributed by atoms with van der Waals surface area (Å²) in [5.74, 6) is 0.0875. The second-order valence-corrected chi connectivity index (χ2v) is 12.9. The van der Waals surface area contributed by atoms with E-state index in [0.29, 0.717) is 11.2 Å². The fourth-order valence-electron chi connectivity index (χ4n) is 5.16. The van der Waals surface area contributed by atoms with Gasteiger partial charge >= 0.3 is 0 Å². The van der Waals surface area contributed by atoms with Crippen LogP contribution in [0.1, 0.15) is 48.8 Å². The van der Waals surface area contributed by atoms with Crippen molar-refractivity contribution in [2.75, 3.05) is 43.2 Å². The number of sulfonamides is 1. The lowest BCUT2D eigenvalue weighted by Crippen LogP contribution is -2.33. The van der Waals surface area contributed by atoms with Gasteiger partial charge in [-0.05, 0) is 60.7 Å². The van der Waals surface area contributed by atoms with Crippen molar-refractivity contribution in [2.45, 2.75) is 32.6 Å². The minimum Gasteiger partial charge on any atom is -0.378 e. The van der Waals surface area contributed by atoms with E-state index in [0.717, 1.165) is 66.0 Å². The zero-order valence-electron chi connectivity index (χ0n) is 24.4. The fraction of sp³-hybridized carbons (Fsp3) is 0.367. The van der Waals surface area contributed by atoms with E-state index in [1.807, 2.05) is 74.0 Å². The van der Waals surface area contributed by atoms with Crippen molar-refractivity contribution < 1.29 is 13.2 Å². The molecule has 1 aliphatic heterocycles. The molecule has 3 aromatic heterocycles. The van der Waals surface area contributed by atoms with E-state index < -0.39 is 15.9 Å². The number of nitrogens with one attached hydrogen (secondary N) is 1. The number of carbonyl (C=O) groups excluding carboxylic acids is 1. The predicted molar refractivity (Wildman–Crippen MR) is 163 cm³/mol. The van der Waals surface area contributed by atoms with Crippen LogP contribution in [0, 0.1) is 17.2 Å². The molecule has 1 saturated heterocycles. The molecule has 11 nitrogen and oxygen atoms in total. The standard InChI is InChI=1S/C30H34N8O3S/c1-19(2)28-27-24(21-9-10-26(32-18-21)37-13-11-20(17-31)12-14-37)16-25(30(39)35-42(5,40)41)33-29(27)38(34-28)23-8-6-7-22(15-23)36(3)4/h6-10,15-16,18-20H,11-14H2,1-5H3,(H,35,39). The van der Waals surface area contributed by atoms with Gasteiger partial charge in [0.25, 0.3) is 5.91 Å². The Hall–Kier alpha value is -4.50. The highest BCUT2D eigenvalue weighted by Gasteiger charge is 2.25. The monoisotopic (exact) mass is 586 g/mol. The van der Waals surface area contributed by atoms with Crippen LogP contribution in [-0.2, 0) is 10.0 Å². The van der Waals surface area contributed by atoms with Crippen LogP contribution in [0.2, 0.25) is 0 Å². The molecule has 218 valence electrons. The maximum atomic E-state index is 13.1. The molecule has 4 aromatic rings. The Balaban J connectivity index is 1.69. The number of carbonyl (C=O) groups is 1. The van der Waals surface area contributed by atoms with Gasteiger partial charge in [0.15, 0.2) is 5.65 Å². The number of aromatic nitrogens is 4. The molecule has 0 unspecified atom stereocenters. The Labute approximate surface area is 245 Å². The van der Waals surface area contributed by atoms with Gasteiger partial charge in [-0.3, -0.25) is 4.79 Å². The van der Waals surface area contributed by atoms with Gasteiger partial charge in [-0.15, -0.1) is 0 Å². The van der Waals surface area contributed by atoms with Crippen molar-refractivity contribution in [3.63, 3.8) is 0 Å². The largest absolute Gasteiger partial charge is 0.378 e. The van der Waals surface area contributed by atoms with Gasteiger partial charge in [0, 0.05) is 50.6 Å². The summed E-state index contributed by atoms with van der Waals surface area (Å²) in [5.41, 5.74) is 4.33. The lowest BCUT2D eigenvalue weighted by molar-refractivity contribution is 0.0977. The first kappa shape index (κ1) is 29.0. The fourth-order valence-corrected chi connectivity index (χ4v) is 5.61. The van der Waals surface area contributed by atoms with Gasteiger partial charge < -0.3 is 9.80 Å². The highest BCUT2D eigenvalue weighted by atomic mass is 32.2. The smallest absolute Gasteiger partial charge is 0.283 e. The van der Waals surface area contributed by atoms with Crippen molar-refractivity contribution in [3.8, 4) is 22.9 Å². The summed E-state index contributed by atoms with van der Waals surface area (Å²) in [6.07, 6.45) is 4.29. The Bertz CT molecular complexity index is 1780. The maximum absolute atomic E-state index is 13.1. The van der Waals surface area contributed by atoms with Gasteiger partial charge in [0.2, 0.25) is 10.0 Å². The van der Waals surface area contributed by atoms with Crippen molar-refractivity contribution >= 4 is 38.5 Å². The van der Waals surface area contributed by atoms with Crippen molar-refractivity contribution in [1.29, 1.82) is 5.26 Å². The molecule has 42 heavy (non-hydrogen) atoms. The Morgan fingerprint density at radius 1 is 1.14 bits per heavy atom. The van der Waals surface area contributed by atoms with Gasteiger partial charge in [-0.1, -0.05) is 19.9 Å². The molecule has 1 fully saturated rings. The molecule has 1 N–H and O–H groups in total. The van der Waals surface area contributed by atoms with Gasteiger partial charge in [0.05, 0.1) is 29.1 Å². The van der Waals surface area contributed by atoms with E-state index in [9.17, 15) is 18.5 Å². The number of amides is 1. The van der Waals surface area contributed by atoms with Crippen LogP contribution in [0.4, 0.5) is 11.5 Å². The highest BCUT2D eigenvalue weighted by Crippen LogP contribution is 2.36. The Morgan fingerprint density at radius 3 is 2.48 bits per heavy atom. The number of rotatable bonds is 7. The molecular weight excluding hydrogens is 552 g/mol. The summed E-state index contributed by atoms with van der Waals surface area (Å²) < 4.78 is 27.6. The molecule has 0 saturated carbocycles. The van der Waals surface area contributed by atoms with E-state index in [-0.39, 0.29) is 17.5 Å². The molecule has 0 atom stereocenters. The van der Waals surface area contributed by atoms with Crippen LogP contribution < -0.4 is 14.5 Å². The third kappa shape index (κ3) is 5.92. The molecule has 0 bridgehead atoms. The van der Waals surface area contributed by atoms with E-state index >= 15 is 0 Å². The molecule has 0 radical (unpaired) electrons. The SMILES string of the molecule is CC(C)c1nn(-c2cccc(N(C)C)c2)c2nc(C(=O)NS(C)(=O)=O)cc(-c3ccc(N4CCC(C#N)CC4)nc3)c12. The highest BCUT2D eigenvalue weighted by molar-refractivity contribution is 7.89. The molecule has 1 aliphatic rings. The molecule has 4 heterocycles. The zero-order chi connectivity index (χ0) is 30.2. The quantitative estimate of drug-likeness (QED) is 0.339. The first-order valence-corrected chi connectivity index (χ1v) is 15.7. The number of nitriles is 1. The van der Waals surface area contributed by atoms with E-state index in [2.05, 4.69) is 16.0 Å². The van der Waals surface area contributed by atoms with Gasteiger partial charge in [-0.25, -0.2) is 27.8 Å².